The van der Waals surface area contributed by atoms with Crippen molar-refractivity contribution in [2.24, 2.45) is 0 Å². The van der Waals surface area contributed by atoms with Crippen LogP contribution in [0.4, 0.5) is 11.4 Å². The zero-order valence-corrected chi connectivity index (χ0v) is 17.3. The Morgan fingerprint density at radius 3 is 2.23 bits per heavy atom. The standard InChI is InChI=1S/C25H27N3O2/c1-30-24-13-11-23(12-14-24)28-17-15-27(16-18-28)19-20-7-9-21(10-8-20)25(29)26-22-5-3-2-4-6-22/h2-14H,15-19H2,1H3,(H,26,29)/p+1. The molecule has 0 aliphatic carbocycles. The van der Waals surface area contributed by atoms with Crippen LogP contribution in [-0.2, 0) is 6.54 Å². The molecule has 5 heteroatoms. The first kappa shape index (κ1) is 20.0. The first-order chi connectivity index (χ1) is 14.7. The normalized spacial score (nSPS) is 14.4. The van der Waals surface area contributed by atoms with Crippen molar-refractivity contribution in [2.45, 2.75) is 6.54 Å². The van der Waals surface area contributed by atoms with E-state index in [0.717, 1.165) is 44.2 Å². The summed E-state index contributed by atoms with van der Waals surface area (Å²) in [6.07, 6.45) is 0. The van der Waals surface area contributed by atoms with E-state index in [1.54, 1.807) is 12.0 Å². The van der Waals surface area contributed by atoms with Gasteiger partial charge in [-0.15, -0.1) is 0 Å². The largest absolute Gasteiger partial charge is 0.497 e. The molecule has 5 nitrogen and oxygen atoms in total. The average Bonchev–Trinajstić information content (AvgIpc) is 2.81. The van der Waals surface area contributed by atoms with Crippen molar-refractivity contribution in [1.82, 2.24) is 0 Å². The lowest BCUT2D eigenvalue weighted by atomic mass is 10.1. The summed E-state index contributed by atoms with van der Waals surface area (Å²) >= 11 is 0. The van der Waals surface area contributed by atoms with Crippen molar-refractivity contribution in [1.29, 1.82) is 0 Å². The number of piperazine rings is 1. The molecular formula is C25H28N3O2+. The molecule has 0 bridgehead atoms. The van der Waals surface area contributed by atoms with Crippen LogP contribution in [0.1, 0.15) is 15.9 Å². The Kier molecular flexibility index (Phi) is 6.30. The summed E-state index contributed by atoms with van der Waals surface area (Å²) in [5.74, 6) is 0.817. The van der Waals surface area contributed by atoms with Crippen molar-refractivity contribution in [2.75, 3.05) is 43.5 Å². The highest BCUT2D eigenvalue weighted by atomic mass is 16.5. The van der Waals surface area contributed by atoms with Crippen LogP contribution < -0.4 is 19.9 Å². The van der Waals surface area contributed by atoms with Crippen LogP contribution in [0.15, 0.2) is 78.9 Å². The number of anilines is 2. The molecular weight excluding hydrogens is 374 g/mol. The molecule has 3 aromatic rings. The number of para-hydroxylation sites is 1. The molecule has 2 N–H and O–H groups in total. The van der Waals surface area contributed by atoms with Crippen molar-refractivity contribution >= 4 is 17.3 Å². The number of ether oxygens (including phenoxy) is 1. The van der Waals surface area contributed by atoms with Crippen LogP contribution in [0.5, 0.6) is 5.75 Å². The number of amides is 1. The fraction of sp³-hybridized carbons (Fsp3) is 0.240. The van der Waals surface area contributed by atoms with E-state index in [4.69, 9.17) is 4.74 Å². The Bertz CT molecular complexity index is 948. The first-order valence-corrected chi connectivity index (χ1v) is 10.4. The second kappa shape index (κ2) is 9.46. The van der Waals surface area contributed by atoms with Crippen molar-refractivity contribution in [3.8, 4) is 5.75 Å². The summed E-state index contributed by atoms with van der Waals surface area (Å²) in [7, 11) is 1.69. The monoisotopic (exact) mass is 402 g/mol. The molecule has 0 spiro atoms. The number of nitrogens with one attached hydrogen (secondary N) is 2. The van der Waals surface area contributed by atoms with Gasteiger partial charge >= 0.3 is 0 Å². The maximum atomic E-state index is 12.4. The molecule has 0 atom stereocenters. The highest BCUT2D eigenvalue weighted by Gasteiger charge is 2.20. The fourth-order valence-corrected chi connectivity index (χ4v) is 3.84. The predicted octanol–water partition coefficient (Wildman–Crippen LogP) is 2.85. The second-order valence-corrected chi connectivity index (χ2v) is 7.63. The third-order valence-corrected chi connectivity index (χ3v) is 5.61. The summed E-state index contributed by atoms with van der Waals surface area (Å²) in [5, 5.41) is 2.93. The van der Waals surface area contributed by atoms with E-state index in [-0.39, 0.29) is 5.91 Å². The molecule has 0 unspecified atom stereocenters. The van der Waals surface area contributed by atoms with Gasteiger partial charge < -0.3 is 19.9 Å². The molecule has 0 aromatic heterocycles. The topological polar surface area (TPSA) is 46.0 Å². The average molecular weight is 403 g/mol. The lowest BCUT2D eigenvalue weighted by Gasteiger charge is -2.33. The summed E-state index contributed by atoms with van der Waals surface area (Å²) in [5.41, 5.74) is 4.01. The minimum atomic E-state index is -0.0757. The summed E-state index contributed by atoms with van der Waals surface area (Å²) < 4.78 is 5.25. The molecule has 1 heterocycles. The lowest BCUT2D eigenvalue weighted by Crippen LogP contribution is -3.13. The summed E-state index contributed by atoms with van der Waals surface area (Å²) in [6.45, 7) is 5.26. The van der Waals surface area contributed by atoms with E-state index in [2.05, 4.69) is 34.5 Å². The van der Waals surface area contributed by atoms with E-state index in [9.17, 15) is 4.79 Å². The summed E-state index contributed by atoms with van der Waals surface area (Å²) in [6, 6.07) is 25.8. The van der Waals surface area contributed by atoms with Crippen molar-refractivity contribution in [3.63, 3.8) is 0 Å². The lowest BCUT2D eigenvalue weighted by molar-refractivity contribution is -0.914. The van der Waals surface area contributed by atoms with Gasteiger partial charge in [0.2, 0.25) is 0 Å². The van der Waals surface area contributed by atoms with E-state index in [1.165, 1.54) is 11.3 Å². The number of hydrogen-bond acceptors (Lipinski definition) is 3. The molecule has 1 aliphatic heterocycles. The molecule has 0 saturated carbocycles. The van der Waals surface area contributed by atoms with E-state index >= 15 is 0 Å². The van der Waals surface area contributed by atoms with E-state index in [1.807, 2.05) is 54.6 Å². The first-order valence-electron chi connectivity index (χ1n) is 10.4. The molecule has 30 heavy (non-hydrogen) atoms. The van der Waals surface area contributed by atoms with Gasteiger partial charge in [-0.3, -0.25) is 4.79 Å². The zero-order valence-electron chi connectivity index (χ0n) is 17.3. The number of nitrogens with zero attached hydrogens (tertiary/aromatic N) is 1. The molecule has 1 aliphatic rings. The van der Waals surface area contributed by atoms with Gasteiger partial charge in [-0.05, 0) is 48.5 Å². The van der Waals surface area contributed by atoms with Crippen LogP contribution in [0.3, 0.4) is 0 Å². The minimum Gasteiger partial charge on any atom is -0.497 e. The van der Waals surface area contributed by atoms with Gasteiger partial charge in [0.05, 0.1) is 33.3 Å². The number of benzene rings is 3. The third kappa shape index (κ3) is 4.99. The number of methoxy groups -OCH3 is 1. The number of carbonyl (C=O) groups excluding carboxylic acids is 1. The number of hydrogen-bond donors (Lipinski definition) is 2. The molecule has 4 rings (SSSR count). The maximum absolute atomic E-state index is 12.4. The van der Waals surface area contributed by atoms with Gasteiger partial charge in [-0.25, -0.2) is 0 Å². The number of carbonyl (C=O) groups is 1. The second-order valence-electron chi connectivity index (χ2n) is 7.63. The van der Waals surface area contributed by atoms with Crippen molar-refractivity contribution < 1.29 is 14.4 Å². The van der Waals surface area contributed by atoms with Crippen LogP contribution >= 0.6 is 0 Å². The van der Waals surface area contributed by atoms with Crippen LogP contribution in [0.25, 0.3) is 0 Å². The Balaban J connectivity index is 1.28. The SMILES string of the molecule is COc1ccc(N2CC[NH+](Cc3ccc(C(=O)Nc4ccccc4)cc3)CC2)cc1. The van der Waals surface area contributed by atoms with Gasteiger partial charge in [0.15, 0.2) is 0 Å². The summed E-state index contributed by atoms with van der Waals surface area (Å²) in [4.78, 5) is 16.4. The Morgan fingerprint density at radius 2 is 1.60 bits per heavy atom. The smallest absolute Gasteiger partial charge is 0.255 e. The quantitative estimate of drug-likeness (QED) is 0.667. The van der Waals surface area contributed by atoms with E-state index < -0.39 is 0 Å². The molecule has 3 aromatic carbocycles. The third-order valence-electron chi connectivity index (χ3n) is 5.61. The Hall–Kier alpha value is -3.31. The molecule has 1 amide bonds. The van der Waals surface area contributed by atoms with Gasteiger partial charge in [-0.2, -0.15) is 0 Å². The maximum Gasteiger partial charge on any atom is 0.255 e. The van der Waals surface area contributed by atoms with Gasteiger partial charge in [-0.1, -0.05) is 30.3 Å². The Morgan fingerprint density at radius 1 is 0.933 bits per heavy atom. The highest BCUT2D eigenvalue weighted by Crippen LogP contribution is 2.19. The number of quaternary nitrogens is 1. The van der Waals surface area contributed by atoms with Crippen LogP contribution in [0, 0.1) is 0 Å². The van der Waals surface area contributed by atoms with Crippen molar-refractivity contribution in [3.05, 3.63) is 90.0 Å². The molecule has 1 saturated heterocycles. The number of rotatable bonds is 6. The molecule has 0 radical (unpaired) electrons. The van der Waals surface area contributed by atoms with E-state index in [0.29, 0.717) is 5.56 Å². The fourth-order valence-electron chi connectivity index (χ4n) is 3.84. The van der Waals surface area contributed by atoms with Gasteiger partial charge in [0, 0.05) is 22.5 Å². The van der Waals surface area contributed by atoms with Gasteiger partial charge in [0.25, 0.3) is 5.91 Å². The van der Waals surface area contributed by atoms with Crippen LogP contribution in [-0.4, -0.2) is 39.2 Å². The Labute approximate surface area is 177 Å². The van der Waals surface area contributed by atoms with Crippen LogP contribution in [0.2, 0.25) is 0 Å². The molecule has 154 valence electrons. The zero-order chi connectivity index (χ0) is 20.8. The molecule has 1 fully saturated rings. The minimum absolute atomic E-state index is 0.0757. The highest BCUT2D eigenvalue weighted by molar-refractivity contribution is 6.04. The predicted molar refractivity (Wildman–Crippen MR) is 120 cm³/mol. The van der Waals surface area contributed by atoms with Gasteiger partial charge in [0.1, 0.15) is 12.3 Å².